The third kappa shape index (κ3) is 5.34. The summed E-state index contributed by atoms with van der Waals surface area (Å²) >= 11 is 1.13. The highest BCUT2D eigenvalue weighted by molar-refractivity contribution is 7.21. The molecule has 3 aromatic rings. The first-order valence-corrected chi connectivity index (χ1v) is 11.6. The van der Waals surface area contributed by atoms with Crippen molar-refractivity contribution in [3.63, 3.8) is 0 Å². The Labute approximate surface area is 198 Å². The van der Waals surface area contributed by atoms with Gasteiger partial charge in [-0.25, -0.2) is 4.39 Å². The molecule has 1 aromatic heterocycles. The Morgan fingerprint density at radius 1 is 1.18 bits per heavy atom. The molecular weight excluding hydrogens is 470 g/mol. The van der Waals surface area contributed by atoms with Gasteiger partial charge >= 0.3 is 6.18 Å². The molecule has 10 heteroatoms. The summed E-state index contributed by atoms with van der Waals surface area (Å²) in [6.45, 7) is 1.94. The lowest BCUT2D eigenvalue weighted by atomic mass is 9.97. The van der Waals surface area contributed by atoms with E-state index in [0.717, 1.165) is 11.3 Å². The predicted molar refractivity (Wildman–Crippen MR) is 126 cm³/mol. The fourth-order valence-electron chi connectivity index (χ4n) is 3.93. The molecule has 0 saturated carbocycles. The number of hydrogen-bond acceptors (Lipinski definition) is 6. The molecule has 0 radical (unpaired) electrons. The summed E-state index contributed by atoms with van der Waals surface area (Å²) < 4.78 is 54.9. The van der Waals surface area contributed by atoms with Crippen LogP contribution in [0.1, 0.15) is 22.9 Å². The van der Waals surface area contributed by atoms with E-state index in [1.807, 2.05) is 6.07 Å². The molecule has 1 aliphatic rings. The molecule has 1 aliphatic heterocycles. The Balaban J connectivity index is 1.68. The summed E-state index contributed by atoms with van der Waals surface area (Å²) in [5, 5.41) is 20.3. The average molecular weight is 496 g/mol. The predicted octanol–water partition coefficient (Wildman–Crippen LogP) is 4.99. The molecule has 0 aliphatic carbocycles. The minimum atomic E-state index is -4.43. The highest BCUT2D eigenvalue weighted by atomic mass is 32.1. The topological polar surface area (TPSA) is 65.9 Å². The van der Waals surface area contributed by atoms with E-state index >= 15 is 0 Å². The summed E-state index contributed by atoms with van der Waals surface area (Å²) in [5.74, 6) is 0. The van der Waals surface area contributed by atoms with E-state index in [1.165, 1.54) is 6.21 Å². The molecule has 3 atom stereocenters. The largest absolute Gasteiger partial charge is 0.393 e. The first kappa shape index (κ1) is 24.4. The van der Waals surface area contributed by atoms with Crippen LogP contribution in [0, 0.1) is 0 Å². The second kappa shape index (κ2) is 9.89. The zero-order valence-corrected chi connectivity index (χ0v) is 19.2. The van der Waals surface area contributed by atoms with Gasteiger partial charge in [0.05, 0.1) is 40.5 Å². The van der Waals surface area contributed by atoms with E-state index in [-0.39, 0.29) is 23.6 Å². The molecule has 2 heterocycles. The fourth-order valence-corrected chi connectivity index (χ4v) is 5.09. The number of nitrogens with zero attached hydrogens (tertiary/aromatic N) is 1. The maximum atomic E-state index is 14.1. The van der Waals surface area contributed by atoms with E-state index in [2.05, 4.69) is 15.8 Å². The van der Waals surface area contributed by atoms with Gasteiger partial charge in [0, 0.05) is 18.7 Å². The highest BCUT2D eigenvalue weighted by Crippen LogP contribution is 2.39. The molecule has 34 heavy (non-hydrogen) atoms. The number of hydrogen-bond donors (Lipinski definition) is 3. The number of aliphatic hydroxyl groups excluding tert-OH is 1. The van der Waals surface area contributed by atoms with Crippen molar-refractivity contribution in [3.05, 3.63) is 64.5 Å². The maximum Gasteiger partial charge on any atom is 0.393 e. The molecule has 1 saturated heterocycles. The van der Waals surface area contributed by atoms with Crippen LogP contribution in [-0.2, 0) is 16.9 Å². The molecule has 1 unspecified atom stereocenters. The molecule has 0 bridgehead atoms. The van der Waals surface area contributed by atoms with E-state index in [1.54, 1.807) is 49.4 Å². The van der Waals surface area contributed by atoms with Crippen LogP contribution >= 0.6 is 11.3 Å². The van der Waals surface area contributed by atoms with E-state index < -0.39 is 30.4 Å². The van der Waals surface area contributed by atoms with Crippen LogP contribution in [0.25, 0.3) is 10.1 Å². The normalized spacial score (nSPS) is 20.6. The zero-order valence-electron chi connectivity index (χ0n) is 18.4. The average Bonchev–Trinajstić information content (AvgIpc) is 3.37. The Morgan fingerprint density at radius 2 is 1.94 bits per heavy atom. The van der Waals surface area contributed by atoms with Gasteiger partial charge in [0.15, 0.2) is 5.60 Å². The van der Waals surface area contributed by atoms with Crippen LogP contribution in [0.15, 0.2) is 53.7 Å². The van der Waals surface area contributed by atoms with Gasteiger partial charge in [0.2, 0.25) is 0 Å². The fraction of sp³-hybridized carbons (Fsp3) is 0.375. The van der Waals surface area contributed by atoms with Gasteiger partial charge in [-0.15, -0.1) is 11.3 Å². The number of rotatable bonds is 8. The monoisotopic (exact) mass is 495 g/mol. The van der Waals surface area contributed by atoms with Gasteiger partial charge in [-0.1, -0.05) is 47.6 Å². The first-order chi connectivity index (χ1) is 16.2. The number of nitrogens with one attached hydrogen (secondary N) is 2. The van der Waals surface area contributed by atoms with Crippen LogP contribution in [-0.4, -0.2) is 49.4 Å². The van der Waals surface area contributed by atoms with Crippen LogP contribution in [0.5, 0.6) is 0 Å². The van der Waals surface area contributed by atoms with Crippen LogP contribution < -0.4 is 10.6 Å². The lowest BCUT2D eigenvalue weighted by molar-refractivity contribution is -0.126. The second-order valence-electron chi connectivity index (χ2n) is 8.42. The Hall–Kier alpha value is -2.69. The third-order valence-electron chi connectivity index (χ3n) is 5.82. The van der Waals surface area contributed by atoms with Crippen molar-refractivity contribution in [2.75, 3.05) is 25.0 Å². The molecule has 5 nitrogen and oxygen atoms in total. The Bertz CT molecular complexity index is 1150. The summed E-state index contributed by atoms with van der Waals surface area (Å²) in [7, 11) is 0. The number of alkyl halides is 4. The summed E-state index contributed by atoms with van der Waals surface area (Å²) in [5.41, 5.74) is 0.179. The minimum Gasteiger partial charge on any atom is -0.392 e. The zero-order chi connectivity index (χ0) is 24.3. The minimum absolute atomic E-state index is 0.0789. The van der Waals surface area contributed by atoms with Gasteiger partial charge in [-0.05, 0) is 23.9 Å². The van der Waals surface area contributed by atoms with Crippen molar-refractivity contribution >= 4 is 33.3 Å². The number of benzene rings is 2. The highest BCUT2D eigenvalue weighted by Gasteiger charge is 2.32. The Morgan fingerprint density at radius 3 is 2.59 bits per heavy atom. The molecule has 3 N–H and O–H groups in total. The van der Waals surface area contributed by atoms with Gasteiger partial charge in [-0.2, -0.15) is 13.2 Å². The molecule has 2 aromatic carbocycles. The number of aliphatic hydroxyl groups is 1. The number of halogens is 4. The quantitative estimate of drug-likeness (QED) is 0.234. The van der Waals surface area contributed by atoms with Gasteiger partial charge in [0.1, 0.15) is 6.17 Å². The SMILES string of the molecule is CC(CO)(O/N=C/c1sc2c(N[C@@H]3CNC[C@@H]3F)cccc2c1CC(F)(F)F)c1ccccc1. The van der Waals surface area contributed by atoms with E-state index in [0.29, 0.717) is 27.9 Å². The van der Waals surface area contributed by atoms with Gasteiger partial charge in [0.25, 0.3) is 0 Å². The molecule has 182 valence electrons. The second-order valence-corrected chi connectivity index (χ2v) is 9.48. The summed E-state index contributed by atoms with van der Waals surface area (Å²) in [6, 6.07) is 13.5. The van der Waals surface area contributed by atoms with Crippen LogP contribution in [0.3, 0.4) is 0 Å². The third-order valence-corrected chi connectivity index (χ3v) is 7.03. The van der Waals surface area contributed by atoms with Crippen LogP contribution in [0.2, 0.25) is 0 Å². The number of fused-ring (bicyclic) bond motifs is 1. The van der Waals surface area contributed by atoms with Crippen molar-refractivity contribution in [2.45, 2.75) is 37.3 Å². The van der Waals surface area contributed by atoms with Gasteiger partial charge in [-0.3, -0.25) is 0 Å². The molecule has 0 amide bonds. The molecular formula is C24H25F4N3O2S. The summed E-state index contributed by atoms with van der Waals surface area (Å²) in [6.07, 6.45) is -5.40. The molecule has 0 spiro atoms. The van der Waals surface area contributed by atoms with Crippen molar-refractivity contribution < 1.29 is 27.5 Å². The first-order valence-electron chi connectivity index (χ1n) is 10.8. The number of oxime groups is 1. The van der Waals surface area contributed by atoms with Crippen molar-refractivity contribution in [1.29, 1.82) is 0 Å². The standard InChI is InChI=1S/C24H25F4N3O2S/c1-23(14-32,15-6-3-2-4-7-15)33-30-13-21-17(10-24(26,27)28)16-8-5-9-19(22(16)34-21)31-20-12-29-11-18(20)25/h2-9,13,18,20,29,31-32H,10-12,14H2,1H3/b30-13+/t18-,20+,23?/m0/s1. The lowest BCUT2D eigenvalue weighted by Crippen LogP contribution is -2.29. The summed E-state index contributed by atoms with van der Waals surface area (Å²) in [4.78, 5) is 5.86. The number of anilines is 1. The van der Waals surface area contributed by atoms with Gasteiger partial charge < -0.3 is 20.6 Å². The van der Waals surface area contributed by atoms with E-state index in [9.17, 15) is 22.7 Å². The smallest absolute Gasteiger partial charge is 0.392 e. The van der Waals surface area contributed by atoms with Crippen LogP contribution in [0.4, 0.5) is 23.2 Å². The lowest BCUT2D eigenvalue weighted by Gasteiger charge is -2.25. The van der Waals surface area contributed by atoms with Crippen molar-refractivity contribution in [1.82, 2.24) is 5.32 Å². The number of thiophene rings is 1. The van der Waals surface area contributed by atoms with Crippen molar-refractivity contribution in [3.8, 4) is 0 Å². The molecule has 4 rings (SSSR count). The maximum absolute atomic E-state index is 14.1. The van der Waals surface area contributed by atoms with E-state index in [4.69, 9.17) is 4.84 Å². The van der Waals surface area contributed by atoms with Crippen molar-refractivity contribution in [2.24, 2.45) is 5.16 Å². The molecule has 1 fully saturated rings. The Kier molecular flexibility index (Phi) is 7.11.